The van der Waals surface area contributed by atoms with Crippen molar-refractivity contribution >= 4 is 12.3 Å². The first-order valence-electron chi connectivity index (χ1n) is 6.51. The fourth-order valence-corrected chi connectivity index (χ4v) is 1.81. The zero-order chi connectivity index (χ0) is 14.1. The zero-order valence-electron chi connectivity index (χ0n) is 11.5. The predicted octanol–water partition coefficient (Wildman–Crippen LogP) is 1.97. The van der Waals surface area contributed by atoms with E-state index in [1.165, 1.54) is 12.7 Å². The van der Waals surface area contributed by atoms with Crippen molar-refractivity contribution in [1.82, 2.24) is 5.32 Å². The van der Waals surface area contributed by atoms with Crippen molar-refractivity contribution in [1.29, 1.82) is 0 Å². The van der Waals surface area contributed by atoms with Crippen LogP contribution in [0, 0.1) is 0 Å². The van der Waals surface area contributed by atoms with Gasteiger partial charge in [-0.3, -0.25) is 0 Å². The number of esters is 1. The highest BCUT2D eigenvalue weighted by atomic mass is 16.5. The Morgan fingerprint density at radius 3 is 2.63 bits per heavy atom. The molecule has 1 aromatic carbocycles. The van der Waals surface area contributed by atoms with E-state index < -0.39 is 0 Å². The summed E-state index contributed by atoms with van der Waals surface area (Å²) < 4.78 is 4.65. The van der Waals surface area contributed by atoms with Crippen LogP contribution in [0.1, 0.15) is 35.7 Å². The summed E-state index contributed by atoms with van der Waals surface area (Å²) >= 11 is 0. The van der Waals surface area contributed by atoms with Crippen LogP contribution in [-0.2, 0) is 16.0 Å². The minimum atomic E-state index is -0.313. The summed E-state index contributed by atoms with van der Waals surface area (Å²) in [5.41, 5.74) is 1.74. The van der Waals surface area contributed by atoms with Crippen LogP contribution in [0.5, 0.6) is 0 Å². The van der Waals surface area contributed by atoms with Gasteiger partial charge in [-0.25, -0.2) is 4.79 Å². The number of ether oxygens (including phenoxy) is 1. The number of aldehydes is 1. The molecule has 104 valence electrons. The molecule has 0 bridgehead atoms. The minimum absolute atomic E-state index is 0.313. The van der Waals surface area contributed by atoms with Crippen molar-refractivity contribution in [2.45, 2.75) is 32.2 Å². The molecule has 4 heteroatoms. The SMILES string of the molecule is COC(=O)c1ccc(CCNC(C)CCC=O)cc1. The monoisotopic (exact) mass is 263 g/mol. The molecule has 19 heavy (non-hydrogen) atoms. The first kappa shape index (κ1) is 15.4. The average molecular weight is 263 g/mol. The second-order valence-electron chi connectivity index (χ2n) is 4.54. The van der Waals surface area contributed by atoms with Gasteiger partial charge in [-0.15, -0.1) is 0 Å². The summed E-state index contributed by atoms with van der Waals surface area (Å²) in [7, 11) is 1.38. The van der Waals surface area contributed by atoms with Crippen LogP contribution >= 0.6 is 0 Å². The van der Waals surface area contributed by atoms with Crippen LogP contribution in [0.25, 0.3) is 0 Å². The van der Waals surface area contributed by atoms with Crippen LogP contribution < -0.4 is 5.32 Å². The van der Waals surface area contributed by atoms with Gasteiger partial charge in [0.2, 0.25) is 0 Å². The Hall–Kier alpha value is -1.68. The van der Waals surface area contributed by atoms with E-state index in [-0.39, 0.29) is 5.97 Å². The predicted molar refractivity (Wildman–Crippen MR) is 74.2 cm³/mol. The molecule has 0 aromatic heterocycles. The average Bonchev–Trinajstić information content (AvgIpc) is 2.45. The Morgan fingerprint density at radius 2 is 2.05 bits per heavy atom. The topological polar surface area (TPSA) is 55.4 Å². The number of carbonyl (C=O) groups is 2. The lowest BCUT2D eigenvalue weighted by Gasteiger charge is -2.12. The highest BCUT2D eigenvalue weighted by Gasteiger charge is 2.04. The van der Waals surface area contributed by atoms with Gasteiger partial charge in [0.05, 0.1) is 12.7 Å². The molecule has 0 amide bonds. The van der Waals surface area contributed by atoms with Crippen LogP contribution in [-0.4, -0.2) is 32.0 Å². The van der Waals surface area contributed by atoms with E-state index in [9.17, 15) is 9.59 Å². The van der Waals surface area contributed by atoms with Crippen molar-refractivity contribution in [3.05, 3.63) is 35.4 Å². The van der Waals surface area contributed by atoms with Crippen LogP contribution in [0.2, 0.25) is 0 Å². The minimum Gasteiger partial charge on any atom is -0.465 e. The van der Waals surface area contributed by atoms with Gasteiger partial charge in [0, 0.05) is 12.5 Å². The Bertz CT molecular complexity index is 400. The smallest absolute Gasteiger partial charge is 0.337 e. The Labute approximate surface area is 114 Å². The van der Waals surface area contributed by atoms with Crippen molar-refractivity contribution in [3.8, 4) is 0 Å². The third-order valence-corrected chi connectivity index (χ3v) is 3.00. The molecular formula is C15H21NO3. The fraction of sp³-hybridized carbons (Fsp3) is 0.467. The lowest BCUT2D eigenvalue weighted by molar-refractivity contribution is -0.108. The van der Waals surface area contributed by atoms with Crippen LogP contribution in [0.4, 0.5) is 0 Å². The van der Waals surface area contributed by atoms with E-state index in [2.05, 4.69) is 17.0 Å². The van der Waals surface area contributed by atoms with Crippen LogP contribution in [0.15, 0.2) is 24.3 Å². The molecule has 1 atom stereocenters. The van der Waals surface area contributed by atoms with Crippen molar-refractivity contribution in [2.24, 2.45) is 0 Å². The maximum absolute atomic E-state index is 11.3. The first-order chi connectivity index (χ1) is 9.17. The molecule has 1 N–H and O–H groups in total. The molecule has 0 saturated carbocycles. The number of carbonyl (C=O) groups excluding carboxylic acids is 2. The quantitative estimate of drug-likeness (QED) is 0.575. The van der Waals surface area contributed by atoms with Gasteiger partial charge in [0.25, 0.3) is 0 Å². The molecule has 0 fully saturated rings. The number of rotatable bonds is 8. The van der Waals surface area contributed by atoms with Gasteiger partial charge in [-0.05, 0) is 44.0 Å². The molecule has 0 spiro atoms. The fourth-order valence-electron chi connectivity index (χ4n) is 1.81. The third-order valence-electron chi connectivity index (χ3n) is 3.00. The molecule has 0 saturated heterocycles. The molecule has 4 nitrogen and oxygen atoms in total. The first-order valence-corrected chi connectivity index (χ1v) is 6.51. The van der Waals surface area contributed by atoms with Crippen molar-refractivity contribution in [3.63, 3.8) is 0 Å². The van der Waals surface area contributed by atoms with Gasteiger partial charge in [-0.2, -0.15) is 0 Å². The molecular weight excluding hydrogens is 242 g/mol. The molecule has 0 aliphatic heterocycles. The van der Waals surface area contributed by atoms with Gasteiger partial charge >= 0.3 is 5.97 Å². The number of hydrogen-bond donors (Lipinski definition) is 1. The third kappa shape index (κ3) is 5.66. The number of benzene rings is 1. The summed E-state index contributed by atoms with van der Waals surface area (Å²) in [6, 6.07) is 7.77. The number of hydrogen-bond acceptors (Lipinski definition) is 4. The highest BCUT2D eigenvalue weighted by Crippen LogP contribution is 2.06. The standard InChI is InChI=1S/C15H21NO3/c1-12(4-3-11-17)16-10-9-13-5-7-14(8-6-13)15(18)19-2/h5-8,11-12,16H,3-4,9-10H2,1-2H3. The molecule has 1 rings (SSSR count). The van der Waals surface area contributed by atoms with E-state index >= 15 is 0 Å². The van der Waals surface area contributed by atoms with Crippen LogP contribution in [0.3, 0.4) is 0 Å². The Kier molecular flexibility index (Phi) is 6.82. The van der Waals surface area contributed by atoms with E-state index in [0.29, 0.717) is 18.0 Å². The zero-order valence-corrected chi connectivity index (χ0v) is 11.5. The van der Waals surface area contributed by atoms with Gasteiger partial charge in [0.15, 0.2) is 0 Å². The van der Waals surface area contributed by atoms with E-state index in [4.69, 9.17) is 0 Å². The Morgan fingerprint density at radius 1 is 1.37 bits per heavy atom. The van der Waals surface area contributed by atoms with Gasteiger partial charge in [-0.1, -0.05) is 12.1 Å². The van der Waals surface area contributed by atoms with Gasteiger partial charge in [0.1, 0.15) is 6.29 Å². The van der Waals surface area contributed by atoms with E-state index in [1.807, 2.05) is 12.1 Å². The molecule has 0 heterocycles. The summed E-state index contributed by atoms with van der Waals surface area (Å²) in [5.74, 6) is -0.313. The molecule has 1 unspecified atom stereocenters. The second kappa shape index (κ2) is 8.43. The molecule has 1 aromatic rings. The summed E-state index contributed by atoms with van der Waals surface area (Å²) in [6.07, 6.45) is 3.31. The van der Waals surface area contributed by atoms with E-state index in [1.54, 1.807) is 12.1 Å². The van der Waals surface area contributed by atoms with E-state index in [0.717, 1.165) is 25.7 Å². The Balaban J connectivity index is 2.33. The summed E-state index contributed by atoms with van der Waals surface area (Å²) in [4.78, 5) is 21.5. The van der Waals surface area contributed by atoms with Gasteiger partial charge < -0.3 is 14.8 Å². The lowest BCUT2D eigenvalue weighted by atomic mass is 10.1. The molecule has 0 aliphatic rings. The van der Waals surface area contributed by atoms with Crippen molar-refractivity contribution < 1.29 is 14.3 Å². The summed E-state index contributed by atoms with van der Waals surface area (Å²) in [6.45, 7) is 2.93. The molecule has 0 radical (unpaired) electrons. The highest BCUT2D eigenvalue weighted by molar-refractivity contribution is 5.89. The van der Waals surface area contributed by atoms with Crippen molar-refractivity contribution in [2.75, 3.05) is 13.7 Å². The largest absolute Gasteiger partial charge is 0.465 e. The summed E-state index contributed by atoms with van der Waals surface area (Å²) in [5, 5.41) is 3.36. The number of methoxy groups -OCH3 is 1. The maximum Gasteiger partial charge on any atom is 0.337 e. The normalized spacial score (nSPS) is 11.9. The maximum atomic E-state index is 11.3. The number of nitrogens with one attached hydrogen (secondary N) is 1. The lowest BCUT2D eigenvalue weighted by Crippen LogP contribution is -2.28. The second-order valence-corrected chi connectivity index (χ2v) is 4.54. The molecule has 0 aliphatic carbocycles.